The second-order valence-electron chi connectivity index (χ2n) is 3.82. The highest BCUT2D eigenvalue weighted by Gasteiger charge is 2.04. The molecule has 0 unspecified atom stereocenters. The van der Waals surface area contributed by atoms with E-state index in [0.717, 1.165) is 19.0 Å². The van der Waals surface area contributed by atoms with Gasteiger partial charge in [0.25, 0.3) is 0 Å². The molecule has 0 spiro atoms. The van der Waals surface area contributed by atoms with Gasteiger partial charge in [0.1, 0.15) is 0 Å². The molecule has 6 heteroatoms. The largest absolute Gasteiger partial charge is 0.594 e. The van der Waals surface area contributed by atoms with Crippen LogP contribution in [0, 0.1) is 5.21 Å². The van der Waals surface area contributed by atoms with E-state index in [4.69, 9.17) is 0 Å². The Morgan fingerprint density at radius 3 is 2.20 bits per heavy atom. The van der Waals surface area contributed by atoms with Gasteiger partial charge in [0.05, 0.1) is 6.20 Å². The van der Waals surface area contributed by atoms with Gasteiger partial charge in [-0.15, -0.1) is 0 Å². The Bertz CT molecular complexity index is 646. The van der Waals surface area contributed by atoms with Crippen LogP contribution in [0.5, 0.6) is 0 Å². The molecule has 0 amide bonds. The highest BCUT2D eigenvalue weighted by molar-refractivity contribution is 9.11. The van der Waals surface area contributed by atoms with Gasteiger partial charge in [0.15, 0.2) is 0 Å². The lowest BCUT2D eigenvalue weighted by atomic mass is 10.2. The van der Waals surface area contributed by atoms with Crippen LogP contribution >= 0.6 is 47.8 Å². The van der Waals surface area contributed by atoms with Crippen LogP contribution in [0.15, 0.2) is 67.2 Å². The summed E-state index contributed by atoms with van der Waals surface area (Å²) in [4.78, 5) is 0.581. The fourth-order valence-corrected chi connectivity index (χ4v) is 4.03. The minimum absolute atomic E-state index is 0.492. The van der Waals surface area contributed by atoms with Gasteiger partial charge >= 0.3 is 0 Å². The van der Waals surface area contributed by atoms with Crippen LogP contribution in [-0.2, 0) is 0 Å². The van der Waals surface area contributed by atoms with Crippen molar-refractivity contribution in [3.63, 3.8) is 0 Å². The number of benzene rings is 2. The van der Waals surface area contributed by atoms with E-state index in [9.17, 15) is 5.21 Å². The Kier molecular flexibility index (Phi) is 5.51. The summed E-state index contributed by atoms with van der Waals surface area (Å²) in [6.07, 6.45) is 3.23. The number of nitrogens with zero attached hydrogens (tertiary/aromatic N) is 2. The van der Waals surface area contributed by atoms with Gasteiger partial charge in [-0.05, 0) is 18.2 Å². The first kappa shape index (κ1) is 15.4. The summed E-state index contributed by atoms with van der Waals surface area (Å²) in [5, 5.41) is 15.6. The zero-order valence-corrected chi connectivity index (χ0v) is 14.9. The molecule has 0 fully saturated rings. The fraction of sp³-hybridized carbons (Fsp3) is 0. The van der Waals surface area contributed by atoms with Gasteiger partial charge in [-0.3, -0.25) is 0 Å². The zero-order valence-electron chi connectivity index (χ0n) is 10.1. The predicted octanol–water partition coefficient (Wildman–Crippen LogP) is 6.24. The Morgan fingerprint density at radius 2 is 1.60 bits per heavy atom. The second kappa shape index (κ2) is 7.15. The molecule has 0 radical (unpaired) electrons. The standard InChI is InChI=1S/C14H9Br3N2O/c15-10-8-13(16)12(14(17)9-10)6-7-18-19(20)11-4-2-1-3-5-11/h1-9H/b7-6+,19-18?. The van der Waals surface area contributed by atoms with E-state index in [0.29, 0.717) is 10.5 Å². The maximum atomic E-state index is 11.7. The number of para-hydroxylation sites is 1. The number of rotatable bonds is 3. The Balaban J connectivity index is 2.23. The SMILES string of the molecule is [O-][N+](=N/C=C/c1c(Br)cc(Br)cc1Br)c1ccccc1. The lowest BCUT2D eigenvalue weighted by molar-refractivity contribution is -0.436. The van der Waals surface area contributed by atoms with E-state index in [1.54, 1.807) is 30.3 Å². The van der Waals surface area contributed by atoms with Crippen LogP contribution in [0.1, 0.15) is 5.56 Å². The number of halogens is 3. The molecule has 0 atom stereocenters. The van der Waals surface area contributed by atoms with Crippen molar-refractivity contribution in [3.05, 3.63) is 72.9 Å². The monoisotopic (exact) mass is 458 g/mol. The van der Waals surface area contributed by atoms with Crippen LogP contribution in [0.4, 0.5) is 5.69 Å². The Labute approximate surface area is 142 Å². The van der Waals surface area contributed by atoms with Crippen LogP contribution in [0.2, 0.25) is 0 Å². The van der Waals surface area contributed by atoms with Crippen LogP contribution in [-0.4, -0.2) is 4.86 Å². The molecule has 0 aromatic heterocycles. The van der Waals surface area contributed by atoms with Crippen molar-refractivity contribution >= 4 is 59.6 Å². The highest BCUT2D eigenvalue weighted by Crippen LogP contribution is 2.30. The topological polar surface area (TPSA) is 38.4 Å². The van der Waals surface area contributed by atoms with E-state index in [1.165, 1.54) is 6.20 Å². The van der Waals surface area contributed by atoms with E-state index in [2.05, 4.69) is 52.9 Å². The molecule has 3 nitrogen and oxygen atoms in total. The second-order valence-corrected chi connectivity index (χ2v) is 6.45. The lowest BCUT2D eigenvalue weighted by Gasteiger charge is -2.02. The van der Waals surface area contributed by atoms with Crippen molar-refractivity contribution in [3.8, 4) is 0 Å². The van der Waals surface area contributed by atoms with Gasteiger partial charge in [0, 0.05) is 36.2 Å². The zero-order chi connectivity index (χ0) is 14.5. The minimum atomic E-state index is 0.492. The van der Waals surface area contributed by atoms with Gasteiger partial charge < -0.3 is 5.21 Å². The van der Waals surface area contributed by atoms with Crippen molar-refractivity contribution in [2.45, 2.75) is 0 Å². The van der Waals surface area contributed by atoms with E-state index in [-0.39, 0.29) is 0 Å². The molecule has 2 aromatic rings. The number of hydrogen-bond acceptors (Lipinski definition) is 2. The molecule has 0 saturated carbocycles. The van der Waals surface area contributed by atoms with E-state index < -0.39 is 0 Å². The number of azo groups is 1. The summed E-state index contributed by atoms with van der Waals surface area (Å²) in [6, 6.07) is 12.7. The van der Waals surface area contributed by atoms with Crippen molar-refractivity contribution in [1.82, 2.24) is 0 Å². The molecule has 0 bridgehead atoms. The molecule has 0 aliphatic rings. The quantitative estimate of drug-likeness (QED) is 0.303. The highest BCUT2D eigenvalue weighted by atomic mass is 79.9. The maximum absolute atomic E-state index is 11.7. The Hall–Kier alpha value is -0.980. The summed E-state index contributed by atoms with van der Waals surface area (Å²) in [6.45, 7) is 0. The fourth-order valence-electron chi connectivity index (χ4n) is 1.50. The van der Waals surface area contributed by atoms with Crippen LogP contribution in [0.25, 0.3) is 6.08 Å². The molecule has 0 saturated heterocycles. The summed E-state index contributed by atoms with van der Waals surface area (Å²) in [5.74, 6) is 0. The molecule has 0 aliphatic carbocycles. The molecule has 20 heavy (non-hydrogen) atoms. The molecule has 0 aliphatic heterocycles. The summed E-state index contributed by atoms with van der Waals surface area (Å²) >= 11 is 10.3. The van der Waals surface area contributed by atoms with Gasteiger partial charge in [-0.1, -0.05) is 70.8 Å². The first-order chi connectivity index (χ1) is 9.58. The molecule has 2 rings (SSSR count). The lowest BCUT2D eigenvalue weighted by Crippen LogP contribution is -1.88. The van der Waals surface area contributed by atoms with Crippen LogP contribution < -0.4 is 0 Å². The third-order valence-electron chi connectivity index (χ3n) is 2.43. The van der Waals surface area contributed by atoms with Gasteiger partial charge in [-0.25, -0.2) is 0 Å². The molecule has 0 heterocycles. The normalized spacial score (nSPS) is 12.1. The average molecular weight is 461 g/mol. The summed E-state index contributed by atoms with van der Waals surface area (Å²) in [7, 11) is 0. The minimum Gasteiger partial charge on any atom is -0.594 e. The van der Waals surface area contributed by atoms with E-state index in [1.807, 2.05) is 18.2 Å². The molecule has 0 N–H and O–H groups in total. The van der Waals surface area contributed by atoms with Crippen molar-refractivity contribution in [1.29, 1.82) is 0 Å². The summed E-state index contributed by atoms with van der Waals surface area (Å²) in [5.41, 5.74) is 1.41. The van der Waals surface area contributed by atoms with Crippen LogP contribution in [0.3, 0.4) is 0 Å². The number of hydrogen-bond donors (Lipinski definition) is 0. The molecule has 102 valence electrons. The van der Waals surface area contributed by atoms with Gasteiger partial charge in [-0.2, -0.15) is 0 Å². The van der Waals surface area contributed by atoms with Crippen molar-refractivity contribution < 1.29 is 4.86 Å². The average Bonchev–Trinajstić information content (AvgIpc) is 2.42. The molecular weight excluding hydrogens is 452 g/mol. The Morgan fingerprint density at radius 1 is 1.00 bits per heavy atom. The molecule has 2 aromatic carbocycles. The smallest absolute Gasteiger partial charge is 0.244 e. The molecular formula is C14H9Br3N2O. The third-order valence-corrected chi connectivity index (χ3v) is 4.20. The van der Waals surface area contributed by atoms with Crippen molar-refractivity contribution in [2.75, 3.05) is 0 Å². The van der Waals surface area contributed by atoms with E-state index >= 15 is 0 Å². The van der Waals surface area contributed by atoms with Crippen molar-refractivity contribution in [2.24, 2.45) is 5.11 Å². The maximum Gasteiger partial charge on any atom is 0.244 e. The van der Waals surface area contributed by atoms with Gasteiger partial charge in [0.2, 0.25) is 5.69 Å². The first-order valence-electron chi connectivity index (χ1n) is 5.62. The first-order valence-corrected chi connectivity index (χ1v) is 8.00. The summed E-state index contributed by atoms with van der Waals surface area (Å²) < 4.78 is 2.77. The third kappa shape index (κ3) is 4.01. The predicted molar refractivity (Wildman–Crippen MR) is 90.7 cm³/mol.